The lowest BCUT2D eigenvalue weighted by Crippen LogP contribution is -2.57. The minimum absolute atomic E-state index is 0.162. The molecule has 0 radical (unpaired) electrons. The molecule has 0 fully saturated rings. The van der Waals surface area contributed by atoms with Gasteiger partial charge in [0.25, 0.3) is 6.10 Å². The fourth-order valence-corrected chi connectivity index (χ4v) is 4.25. The highest BCUT2D eigenvalue weighted by Gasteiger charge is 2.53. The van der Waals surface area contributed by atoms with Gasteiger partial charge in [0.15, 0.2) is 5.71 Å². The summed E-state index contributed by atoms with van der Waals surface area (Å²) in [5.41, 5.74) is 4.34. The molecule has 0 saturated heterocycles. The molecule has 3 amide bonds. The van der Waals surface area contributed by atoms with E-state index in [1.807, 2.05) is 73.7 Å². The maximum Gasteiger partial charge on any atom is 0.501 e. The van der Waals surface area contributed by atoms with Gasteiger partial charge in [-0.3, -0.25) is 0 Å². The topological polar surface area (TPSA) is 58.8 Å². The minimum Gasteiger partial charge on any atom is -0.497 e. The number of nitrogens with zero attached hydrogens (tertiary/aromatic N) is 2. The molecule has 2 aliphatic heterocycles. The number of hydrogen-bond acceptors (Lipinski definition) is 4. The summed E-state index contributed by atoms with van der Waals surface area (Å²) in [6.45, 7) is 2.54. The first-order valence-electron chi connectivity index (χ1n) is 10.5. The summed E-state index contributed by atoms with van der Waals surface area (Å²) in [6, 6.07) is 22.5. The number of aryl methyl sites for hydroxylation is 1. The van der Waals surface area contributed by atoms with Gasteiger partial charge >= 0.3 is 11.9 Å². The monoisotopic (exact) mass is 427 g/mol. The summed E-state index contributed by atoms with van der Waals surface area (Å²) in [6.07, 6.45) is -0.840. The lowest BCUT2D eigenvalue weighted by molar-refractivity contribution is -0.457. The Labute approximate surface area is 186 Å². The molecule has 3 aromatic carbocycles. The van der Waals surface area contributed by atoms with Gasteiger partial charge in [0, 0.05) is 0 Å². The first-order valence-corrected chi connectivity index (χ1v) is 10.5. The quantitative estimate of drug-likeness (QED) is 0.579. The number of imide groups is 1. The number of hydrogen-bond donors (Lipinski definition) is 0. The predicted molar refractivity (Wildman–Crippen MR) is 119 cm³/mol. The summed E-state index contributed by atoms with van der Waals surface area (Å²) in [7, 11) is 1.60. The molecule has 0 N–H and O–H groups in total. The van der Waals surface area contributed by atoms with E-state index in [-0.39, 0.29) is 18.5 Å². The van der Waals surface area contributed by atoms with Crippen molar-refractivity contribution in [1.82, 2.24) is 4.90 Å². The van der Waals surface area contributed by atoms with E-state index in [0.29, 0.717) is 18.0 Å². The van der Waals surface area contributed by atoms with Crippen LogP contribution in [0.25, 0.3) is 0 Å². The summed E-state index contributed by atoms with van der Waals surface area (Å²) in [5, 5.41) is 0. The Balaban J connectivity index is 1.56. The maximum atomic E-state index is 13.6. The predicted octanol–water partition coefficient (Wildman–Crippen LogP) is 3.93. The minimum atomic E-state index is -0.840. The van der Waals surface area contributed by atoms with Gasteiger partial charge in [-0.15, -0.1) is 0 Å². The van der Waals surface area contributed by atoms with E-state index >= 15 is 0 Å². The molecule has 0 aliphatic carbocycles. The van der Waals surface area contributed by atoms with Crippen LogP contribution in [0.2, 0.25) is 0 Å². The summed E-state index contributed by atoms with van der Waals surface area (Å²) in [4.78, 5) is 28.3. The highest BCUT2D eigenvalue weighted by atomic mass is 16.5. The second kappa shape index (κ2) is 7.96. The molecule has 2 aliphatic rings. The molecule has 6 heteroatoms. The van der Waals surface area contributed by atoms with Crippen molar-refractivity contribution in [2.24, 2.45) is 0 Å². The van der Waals surface area contributed by atoms with E-state index in [2.05, 4.69) is 6.07 Å². The normalized spacial score (nSPS) is 17.2. The van der Waals surface area contributed by atoms with Gasteiger partial charge in [0.1, 0.15) is 24.6 Å². The number of amides is 3. The van der Waals surface area contributed by atoms with E-state index in [1.165, 1.54) is 4.90 Å². The highest BCUT2D eigenvalue weighted by molar-refractivity contribution is 6.21. The first-order chi connectivity index (χ1) is 15.5. The molecule has 0 spiro atoms. The average molecular weight is 427 g/mol. The standard InChI is InChI=1S/C26H23N2O4/c1-17-6-5-7-19(14-17)16-27-23-21-8-3-4-9-22(21)32-24(23)25(29)28(26(27)30)15-18-10-12-20(31-2)13-11-18/h3-14,24H,15-16H2,1-2H3/q+1. The van der Waals surface area contributed by atoms with Gasteiger partial charge in [-0.25, -0.2) is 4.79 Å². The third kappa shape index (κ3) is 3.43. The Bertz CT molecular complexity index is 1250. The molecule has 2 heterocycles. The zero-order valence-corrected chi connectivity index (χ0v) is 17.9. The molecule has 1 unspecified atom stereocenters. The van der Waals surface area contributed by atoms with Crippen LogP contribution in [0.4, 0.5) is 4.79 Å². The largest absolute Gasteiger partial charge is 0.501 e. The Morgan fingerprint density at radius 1 is 0.969 bits per heavy atom. The van der Waals surface area contributed by atoms with Crippen molar-refractivity contribution >= 4 is 17.6 Å². The van der Waals surface area contributed by atoms with E-state index in [0.717, 1.165) is 28.0 Å². The van der Waals surface area contributed by atoms with Crippen molar-refractivity contribution in [3.63, 3.8) is 0 Å². The molecule has 3 aromatic rings. The summed E-state index contributed by atoms with van der Waals surface area (Å²) < 4.78 is 12.9. The number of carbonyl (C=O) groups excluding carboxylic acids is 2. The van der Waals surface area contributed by atoms with Crippen molar-refractivity contribution in [3.05, 3.63) is 95.1 Å². The van der Waals surface area contributed by atoms with Gasteiger partial charge in [-0.2, -0.15) is 14.3 Å². The van der Waals surface area contributed by atoms with E-state index in [9.17, 15) is 9.59 Å². The second-order valence-electron chi connectivity index (χ2n) is 8.01. The number of rotatable bonds is 5. The lowest BCUT2D eigenvalue weighted by Gasteiger charge is -2.24. The van der Waals surface area contributed by atoms with Crippen molar-refractivity contribution in [3.8, 4) is 11.5 Å². The lowest BCUT2D eigenvalue weighted by atomic mass is 10.0. The van der Waals surface area contributed by atoms with Gasteiger partial charge < -0.3 is 9.47 Å². The number of para-hydroxylation sites is 1. The van der Waals surface area contributed by atoms with Crippen LogP contribution in [0.5, 0.6) is 11.5 Å². The summed E-state index contributed by atoms with van der Waals surface area (Å²) in [5.74, 6) is 0.989. The van der Waals surface area contributed by atoms with Crippen molar-refractivity contribution in [1.29, 1.82) is 0 Å². The number of urea groups is 1. The van der Waals surface area contributed by atoms with Crippen LogP contribution in [0.15, 0.2) is 72.8 Å². The molecule has 160 valence electrons. The van der Waals surface area contributed by atoms with Crippen LogP contribution >= 0.6 is 0 Å². The van der Waals surface area contributed by atoms with Crippen molar-refractivity contribution in [2.75, 3.05) is 7.11 Å². The molecule has 0 saturated carbocycles. The number of methoxy groups -OCH3 is 1. The summed E-state index contributed by atoms with van der Waals surface area (Å²) >= 11 is 0. The van der Waals surface area contributed by atoms with Gasteiger partial charge in [0.05, 0.1) is 12.7 Å². The van der Waals surface area contributed by atoms with Gasteiger partial charge in [-0.05, 0) is 42.3 Å². The van der Waals surface area contributed by atoms with Crippen LogP contribution < -0.4 is 9.47 Å². The van der Waals surface area contributed by atoms with E-state index < -0.39 is 6.10 Å². The third-order valence-electron chi connectivity index (χ3n) is 5.82. The van der Waals surface area contributed by atoms with E-state index in [1.54, 1.807) is 11.7 Å². The first kappa shape index (κ1) is 20.0. The van der Waals surface area contributed by atoms with Crippen molar-refractivity contribution < 1.29 is 23.6 Å². The van der Waals surface area contributed by atoms with Crippen LogP contribution in [-0.4, -0.2) is 40.3 Å². The molecule has 32 heavy (non-hydrogen) atoms. The SMILES string of the molecule is COc1ccc(CN2C(=O)C3Oc4ccccc4C3=[N+](Cc3cccc(C)c3)C2=O)cc1. The van der Waals surface area contributed by atoms with Gasteiger partial charge in [0.2, 0.25) is 0 Å². The molecular formula is C26H23N2O4+. The Kier molecular flexibility index (Phi) is 4.98. The number of ether oxygens (including phenoxy) is 2. The second-order valence-corrected chi connectivity index (χ2v) is 8.01. The Morgan fingerprint density at radius 3 is 2.50 bits per heavy atom. The molecule has 5 rings (SSSR count). The Morgan fingerprint density at radius 2 is 1.75 bits per heavy atom. The molecule has 6 nitrogen and oxygen atoms in total. The third-order valence-corrected chi connectivity index (χ3v) is 5.82. The molecular weight excluding hydrogens is 404 g/mol. The molecule has 1 atom stereocenters. The average Bonchev–Trinajstić information content (AvgIpc) is 3.20. The Hall–Kier alpha value is -3.93. The van der Waals surface area contributed by atoms with Crippen molar-refractivity contribution in [2.45, 2.75) is 26.1 Å². The number of fused-ring (bicyclic) bond motifs is 3. The van der Waals surface area contributed by atoms with E-state index in [4.69, 9.17) is 9.47 Å². The van der Waals surface area contributed by atoms with Gasteiger partial charge in [-0.1, -0.05) is 54.1 Å². The smallest absolute Gasteiger partial charge is 0.497 e. The molecule has 0 bridgehead atoms. The fraction of sp³-hybridized carbons (Fsp3) is 0.192. The van der Waals surface area contributed by atoms with Crippen LogP contribution in [0, 0.1) is 6.92 Å². The van der Waals surface area contributed by atoms with Crippen LogP contribution in [-0.2, 0) is 17.9 Å². The zero-order chi connectivity index (χ0) is 22.2. The molecule has 0 aromatic heterocycles. The zero-order valence-electron chi connectivity index (χ0n) is 17.9. The maximum absolute atomic E-state index is 13.6. The van der Waals surface area contributed by atoms with Crippen LogP contribution in [0.3, 0.4) is 0 Å². The highest BCUT2D eigenvalue weighted by Crippen LogP contribution is 2.33. The van der Waals surface area contributed by atoms with Crippen LogP contribution in [0.1, 0.15) is 22.3 Å². The fourth-order valence-electron chi connectivity index (χ4n) is 4.25. The number of benzene rings is 3. The number of carbonyl (C=O) groups is 2.